The Morgan fingerprint density at radius 2 is 1.65 bits per heavy atom. The third-order valence-electron chi connectivity index (χ3n) is 4.79. The van der Waals surface area contributed by atoms with Crippen LogP contribution < -0.4 is 10.6 Å². The molecule has 0 atom stereocenters. The highest BCUT2D eigenvalue weighted by atomic mass is 32.1. The molecule has 0 bridgehead atoms. The lowest BCUT2D eigenvalue weighted by Crippen LogP contribution is -2.16. The Bertz CT molecular complexity index is 1180. The zero-order chi connectivity index (χ0) is 22.5. The van der Waals surface area contributed by atoms with Gasteiger partial charge in [-0.3, -0.25) is 19.7 Å². The molecule has 6 nitrogen and oxygen atoms in total. The zero-order valence-electron chi connectivity index (χ0n) is 17.8. The second kappa shape index (κ2) is 9.49. The highest BCUT2D eigenvalue weighted by molar-refractivity contribution is 7.14. The van der Waals surface area contributed by atoms with Crippen molar-refractivity contribution in [2.45, 2.75) is 27.7 Å². The van der Waals surface area contributed by atoms with Gasteiger partial charge in [0, 0.05) is 33.8 Å². The van der Waals surface area contributed by atoms with Crippen molar-refractivity contribution < 1.29 is 14.4 Å². The number of hydrogen-bond donors (Lipinski definition) is 2. The largest absolute Gasteiger partial charge is 0.323 e. The summed E-state index contributed by atoms with van der Waals surface area (Å²) >= 11 is 1.33. The van der Waals surface area contributed by atoms with E-state index in [1.165, 1.54) is 35.5 Å². The van der Waals surface area contributed by atoms with Crippen LogP contribution in [-0.4, -0.2) is 22.6 Å². The van der Waals surface area contributed by atoms with Gasteiger partial charge in [0.25, 0.3) is 5.91 Å². The molecule has 31 heavy (non-hydrogen) atoms. The number of carbonyl (C=O) groups excluding carboxylic acids is 3. The number of ketones is 1. The Morgan fingerprint density at radius 1 is 0.935 bits per heavy atom. The van der Waals surface area contributed by atoms with E-state index in [1.807, 2.05) is 24.4 Å². The quantitative estimate of drug-likeness (QED) is 0.415. The van der Waals surface area contributed by atoms with E-state index in [2.05, 4.69) is 28.6 Å². The van der Waals surface area contributed by atoms with Crippen molar-refractivity contribution in [2.75, 3.05) is 10.6 Å². The van der Waals surface area contributed by atoms with Crippen LogP contribution in [0.1, 0.15) is 35.3 Å². The summed E-state index contributed by atoms with van der Waals surface area (Å²) < 4.78 is 0. The Labute approximate surface area is 185 Å². The van der Waals surface area contributed by atoms with E-state index in [0.717, 1.165) is 11.3 Å². The lowest BCUT2D eigenvalue weighted by Gasteiger charge is -2.05. The van der Waals surface area contributed by atoms with Crippen molar-refractivity contribution in [3.8, 4) is 11.3 Å². The van der Waals surface area contributed by atoms with Gasteiger partial charge in [-0.15, -0.1) is 11.3 Å². The van der Waals surface area contributed by atoms with Crippen LogP contribution in [0.2, 0.25) is 0 Å². The number of benzene rings is 2. The molecular formula is C24H23N3O3S. The summed E-state index contributed by atoms with van der Waals surface area (Å²) in [6.45, 7) is 7.14. The molecule has 0 aliphatic carbocycles. The van der Waals surface area contributed by atoms with Gasteiger partial charge in [0.15, 0.2) is 10.9 Å². The normalized spacial score (nSPS) is 11.2. The van der Waals surface area contributed by atoms with Gasteiger partial charge in [0.2, 0.25) is 5.91 Å². The number of hydrogen-bond acceptors (Lipinski definition) is 5. The van der Waals surface area contributed by atoms with E-state index in [4.69, 9.17) is 0 Å². The maximum absolute atomic E-state index is 12.4. The molecule has 2 aromatic carbocycles. The molecule has 158 valence electrons. The SMILES string of the molecule is CC(=O)c1ccc(NC(=O)/C=C(/C)C(=O)Nc2nc(-c3ccc(C)c(C)c3)cs2)cc1. The summed E-state index contributed by atoms with van der Waals surface area (Å²) in [4.78, 5) is 40.4. The van der Waals surface area contributed by atoms with Crippen LogP contribution in [0.25, 0.3) is 11.3 Å². The van der Waals surface area contributed by atoms with Gasteiger partial charge >= 0.3 is 0 Å². The minimum Gasteiger partial charge on any atom is -0.323 e. The fourth-order valence-corrected chi connectivity index (χ4v) is 3.50. The van der Waals surface area contributed by atoms with Crippen LogP contribution in [0.5, 0.6) is 0 Å². The zero-order valence-corrected chi connectivity index (χ0v) is 18.6. The first-order valence-electron chi connectivity index (χ1n) is 9.67. The predicted octanol–water partition coefficient (Wildman–Crippen LogP) is 5.15. The molecule has 0 aliphatic rings. The summed E-state index contributed by atoms with van der Waals surface area (Å²) in [7, 11) is 0. The summed E-state index contributed by atoms with van der Waals surface area (Å²) in [6, 6.07) is 12.7. The van der Waals surface area contributed by atoms with Crippen molar-refractivity contribution in [3.05, 3.63) is 76.2 Å². The fourth-order valence-electron chi connectivity index (χ4n) is 2.79. The second-order valence-electron chi connectivity index (χ2n) is 7.24. The number of aromatic nitrogens is 1. The van der Waals surface area contributed by atoms with Crippen molar-refractivity contribution >= 4 is 39.8 Å². The molecule has 0 aliphatic heterocycles. The number of Topliss-reactive ketones (excluding diaryl/α,β-unsaturated/α-hetero) is 1. The van der Waals surface area contributed by atoms with E-state index < -0.39 is 11.8 Å². The van der Waals surface area contributed by atoms with E-state index in [9.17, 15) is 14.4 Å². The van der Waals surface area contributed by atoms with Gasteiger partial charge in [-0.25, -0.2) is 4.98 Å². The maximum atomic E-state index is 12.4. The van der Waals surface area contributed by atoms with E-state index in [-0.39, 0.29) is 11.4 Å². The first-order valence-corrected chi connectivity index (χ1v) is 10.6. The highest BCUT2D eigenvalue weighted by Gasteiger charge is 2.12. The van der Waals surface area contributed by atoms with Crippen LogP contribution in [-0.2, 0) is 9.59 Å². The van der Waals surface area contributed by atoms with E-state index in [0.29, 0.717) is 16.4 Å². The van der Waals surface area contributed by atoms with Crippen molar-refractivity contribution in [3.63, 3.8) is 0 Å². The molecule has 3 rings (SSSR count). The number of thiazole rings is 1. The van der Waals surface area contributed by atoms with Crippen LogP contribution in [0, 0.1) is 13.8 Å². The number of nitrogens with zero attached hydrogens (tertiary/aromatic N) is 1. The Kier molecular flexibility index (Phi) is 6.77. The van der Waals surface area contributed by atoms with Gasteiger partial charge < -0.3 is 5.32 Å². The number of rotatable bonds is 6. The number of aryl methyl sites for hydroxylation is 2. The molecule has 0 saturated heterocycles. The van der Waals surface area contributed by atoms with Crippen LogP contribution in [0.15, 0.2) is 59.5 Å². The monoisotopic (exact) mass is 433 g/mol. The Balaban J connectivity index is 1.62. The minimum atomic E-state index is -0.432. The van der Waals surface area contributed by atoms with Gasteiger partial charge in [-0.05, 0) is 69.2 Å². The fraction of sp³-hybridized carbons (Fsp3) is 0.167. The third-order valence-corrected chi connectivity index (χ3v) is 5.55. The molecule has 0 unspecified atom stereocenters. The number of anilines is 2. The molecule has 0 fully saturated rings. The number of nitrogens with one attached hydrogen (secondary N) is 2. The van der Waals surface area contributed by atoms with Crippen LogP contribution in [0.3, 0.4) is 0 Å². The van der Waals surface area contributed by atoms with Gasteiger partial charge in [0.05, 0.1) is 5.69 Å². The van der Waals surface area contributed by atoms with Crippen LogP contribution >= 0.6 is 11.3 Å². The molecule has 2 amide bonds. The molecular weight excluding hydrogens is 410 g/mol. The minimum absolute atomic E-state index is 0.0480. The average molecular weight is 434 g/mol. The number of carbonyl (C=O) groups is 3. The Morgan fingerprint density at radius 3 is 2.29 bits per heavy atom. The summed E-state index contributed by atoms with van der Waals surface area (Å²) in [5.74, 6) is -0.880. The first-order chi connectivity index (χ1) is 14.7. The molecule has 0 radical (unpaired) electrons. The van der Waals surface area contributed by atoms with Crippen molar-refractivity contribution in [1.29, 1.82) is 0 Å². The van der Waals surface area contributed by atoms with Gasteiger partial charge in [-0.1, -0.05) is 12.1 Å². The lowest BCUT2D eigenvalue weighted by atomic mass is 10.1. The molecule has 1 heterocycles. The third kappa shape index (κ3) is 5.73. The molecule has 0 saturated carbocycles. The van der Waals surface area contributed by atoms with Crippen molar-refractivity contribution in [2.24, 2.45) is 0 Å². The average Bonchev–Trinajstić information content (AvgIpc) is 3.18. The first kappa shape index (κ1) is 22.1. The Hall–Kier alpha value is -3.58. The van der Waals surface area contributed by atoms with Gasteiger partial charge in [0.1, 0.15) is 0 Å². The second-order valence-corrected chi connectivity index (χ2v) is 8.10. The molecule has 1 aromatic heterocycles. The van der Waals surface area contributed by atoms with E-state index in [1.54, 1.807) is 31.2 Å². The standard InChI is InChI=1S/C24H23N3O3S/c1-14-5-6-19(11-15(14)2)21-13-31-24(26-21)27-23(30)16(3)12-22(29)25-20-9-7-18(8-10-20)17(4)28/h5-13H,1-4H3,(H,25,29)(H,26,27,30)/b16-12-. The predicted molar refractivity (Wildman–Crippen MR) is 124 cm³/mol. The maximum Gasteiger partial charge on any atom is 0.253 e. The lowest BCUT2D eigenvalue weighted by molar-refractivity contribution is -0.114. The topological polar surface area (TPSA) is 88.2 Å². The smallest absolute Gasteiger partial charge is 0.253 e. The molecule has 7 heteroatoms. The molecule has 0 spiro atoms. The molecule has 3 aromatic rings. The van der Waals surface area contributed by atoms with Crippen LogP contribution in [0.4, 0.5) is 10.8 Å². The summed E-state index contributed by atoms with van der Waals surface area (Å²) in [6.07, 6.45) is 1.23. The highest BCUT2D eigenvalue weighted by Crippen LogP contribution is 2.26. The van der Waals surface area contributed by atoms with Crippen molar-refractivity contribution in [1.82, 2.24) is 4.98 Å². The van der Waals surface area contributed by atoms with E-state index >= 15 is 0 Å². The summed E-state index contributed by atoms with van der Waals surface area (Å²) in [5.41, 5.74) is 5.52. The van der Waals surface area contributed by atoms with Gasteiger partial charge in [-0.2, -0.15) is 0 Å². The number of amides is 2. The summed E-state index contributed by atoms with van der Waals surface area (Å²) in [5, 5.41) is 7.75. The molecule has 2 N–H and O–H groups in total.